The van der Waals surface area contributed by atoms with Gasteiger partial charge in [0.1, 0.15) is 6.04 Å². The maximum Gasteiger partial charge on any atom is 0.246 e. The first kappa shape index (κ1) is 14.1. The average molecular weight is 270 g/mol. The number of terminal acetylenes is 1. The Hall–Kier alpha value is -2.28. The second-order valence-corrected chi connectivity index (χ2v) is 5.03. The van der Waals surface area contributed by atoms with Crippen LogP contribution in [0.25, 0.3) is 0 Å². The molecule has 4 nitrogen and oxygen atoms in total. The average Bonchev–Trinajstić information content (AvgIpc) is 2.44. The fourth-order valence-electron chi connectivity index (χ4n) is 2.38. The Bertz CT molecular complexity index is 533. The van der Waals surface area contributed by atoms with Crippen LogP contribution in [0.5, 0.6) is 0 Å². The molecule has 0 aliphatic carbocycles. The van der Waals surface area contributed by atoms with E-state index in [1.54, 1.807) is 4.90 Å². The number of nitrogens with zero attached hydrogens (tertiary/aromatic N) is 1. The summed E-state index contributed by atoms with van der Waals surface area (Å²) < 4.78 is 0. The first-order valence-corrected chi connectivity index (χ1v) is 6.69. The summed E-state index contributed by atoms with van der Waals surface area (Å²) in [5.41, 5.74) is 1.03. The number of hydrogen-bond donors (Lipinski definition) is 1. The molecule has 1 saturated heterocycles. The van der Waals surface area contributed by atoms with Gasteiger partial charge in [-0.3, -0.25) is 9.59 Å². The normalized spacial score (nSPS) is 20.2. The highest BCUT2D eigenvalue weighted by molar-refractivity contribution is 5.95. The fourth-order valence-corrected chi connectivity index (χ4v) is 2.38. The number of benzene rings is 1. The quantitative estimate of drug-likeness (QED) is 0.829. The molecule has 1 aromatic rings. The van der Waals surface area contributed by atoms with Gasteiger partial charge in [-0.05, 0) is 12.5 Å². The number of carbonyl (C=O) groups is 2. The van der Waals surface area contributed by atoms with Gasteiger partial charge in [0.2, 0.25) is 11.8 Å². The minimum absolute atomic E-state index is 0.0591. The van der Waals surface area contributed by atoms with E-state index in [1.807, 2.05) is 37.3 Å². The van der Waals surface area contributed by atoms with Gasteiger partial charge in [-0.1, -0.05) is 30.3 Å². The fraction of sp³-hybridized carbons (Fsp3) is 0.375. The molecule has 2 unspecified atom stereocenters. The minimum atomic E-state index is -0.501. The number of rotatable bonds is 4. The van der Waals surface area contributed by atoms with Gasteiger partial charge >= 0.3 is 0 Å². The lowest BCUT2D eigenvalue weighted by atomic mass is 10.0. The molecule has 0 saturated carbocycles. The monoisotopic (exact) mass is 270 g/mol. The molecule has 0 aromatic heterocycles. The van der Waals surface area contributed by atoms with Crippen molar-refractivity contribution >= 4 is 11.8 Å². The Labute approximate surface area is 119 Å². The SMILES string of the molecule is C#CCC(C)N1CC(=O)NC(Cc2ccccc2)C1=O. The maximum atomic E-state index is 12.4. The topological polar surface area (TPSA) is 49.4 Å². The second kappa shape index (κ2) is 6.25. The first-order chi connectivity index (χ1) is 9.61. The van der Waals surface area contributed by atoms with Crippen molar-refractivity contribution in [1.82, 2.24) is 10.2 Å². The Morgan fingerprint density at radius 1 is 1.40 bits per heavy atom. The van der Waals surface area contributed by atoms with Crippen LogP contribution in [0.15, 0.2) is 30.3 Å². The van der Waals surface area contributed by atoms with Gasteiger partial charge in [-0.15, -0.1) is 12.3 Å². The lowest BCUT2D eigenvalue weighted by Crippen LogP contribution is -2.60. The third-order valence-corrected chi connectivity index (χ3v) is 3.46. The van der Waals surface area contributed by atoms with Crippen molar-refractivity contribution < 1.29 is 9.59 Å². The third kappa shape index (κ3) is 3.18. The van der Waals surface area contributed by atoms with Gasteiger partial charge in [-0.2, -0.15) is 0 Å². The Balaban J connectivity index is 2.11. The molecule has 1 aliphatic rings. The molecule has 0 radical (unpaired) electrons. The first-order valence-electron chi connectivity index (χ1n) is 6.69. The van der Waals surface area contributed by atoms with Crippen molar-refractivity contribution in [3.05, 3.63) is 35.9 Å². The zero-order chi connectivity index (χ0) is 14.5. The van der Waals surface area contributed by atoms with Crippen LogP contribution in [0.2, 0.25) is 0 Å². The summed E-state index contributed by atoms with van der Waals surface area (Å²) in [4.78, 5) is 25.8. The van der Waals surface area contributed by atoms with Crippen molar-refractivity contribution in [2.75, 3.05) is 6.54 Å². The molecule has 104 valence electrons. The molecule has 2 rings (SSSR count). The largest absolute Gasteiger partial charge is 0.342 e. The number of nitrogens with one attached hydrogen (secondary N) is 1. The minimum Gasteiger partial charge on any atom is -0.342 e. The van der Waals surface area contributed by atoms with Gasteiger partial charge in [0, 0.05) is 18.9 Å². The zero-order valence-corrected chi connectivity index (χ0v) is 11.5. The van der Waals surface area contributed by atoms with Crippen LogP contribution in [0, 0.1) is 12.3 Å². The summed E-state index contributed by atoms with van der Waals surface area (Å²) in [6.45, 7) is 1.96. The van der Waals surface area contributed by atoms with Crippen LogP contribution in [-0.4, -0.2) is 35.3 Å². The molecule has 2 amide bonds. The van der Waals surface area contributed by atoms with E-state index in [4.69, 9.17) is 6.42 Å². The van der Waals surface area contributed by atoms with E-state index in [0.29, 0.717) is 12.8 Å². The van der Waals surface area contributed by atoms with E-state index >= 15 is 0 Å². The summed E-state index contributed by atoms with van der Waals surface area (Å²) >= 11 is 0. The van der Waals surface area contributed by atoms with Crippen LogP contribution in [-0.2, 0) is 16.0 Å². The van der Waals surface area contributed by atoms with Crippen LogP contribution >= 0.6 is 0 Å². The Morgan fingerprint density at radius 3 is 2.75 bits per heavy atom. The Morgan fingerprint density at radius 2 is 2.10 bits per heavy atom. The molecule has 1 N–H and O–H groups in total. The summed E-state index contributed by atoms with van der Waals surface area (Å²) in [5, 5.41) is 2.76. The molecule has 2 atom stereocenters. The van der Waals surface area contributed by atoms with Gasteiger partial charge in [-0.25, -0.2) is 0 Å². The van der Waals surface area contributed by atoms with Gasteiger partial charge in [0.15, 0.2) is 0 Å². The lowest BCUT2D eigenvalue weighted by Gasteiger charge is -2.36. The standard InChI is InChI=1S/C16H18N2O2/c1-3-7-12(2)18-11-15(19)17-14(16(18)20)10-13-8-5-4-6-9-13/h1,4-6,8-9,12,14H,7,10-11H2,2H3,(H,17,19). The zero-order valence-electron chi connectivity index (χ0n) is 11.5. The van der Waals surface area contributed by atoms with Crippen molar-refractivity contribution in [2.24, 2.45) is 0 Å². The highest BCUT2D eigenvalue weighted by Crippen LogP contribution is 2.13. The van der Waals surface area contributed by atoms with Crippen molar-refractivity contribution in [3.63, 3.8) is 0 Å². The van der Waals surface area contributed by atoms with E-state index in [0.717, 1.165) is 5.56 Å². The second-order valence-electron chi connectivity index (χ2n) is 5.03. The molecule has 1 aliphatic heterocycles. The number of piperazine rings is 1. The number of carbonyl (C=O) groups excluding carboxylic acids is 2. The van der Waals surface area contributed by atoms with Crippen molar-refractivity contribution in [1.29, 1.82) is 0 Å². The van der Waals surface area contributed by atoms with Gasteiger partial charge < -0.3 is 10.2 Å². The van der Waals surface area contributed by atoms with Crippen LogP contribution in [0.4, 0.5) is 0 Å². The molecule has 20 heavy (non-hydrogen) atoms. The van der Waals surface area contributed by atoms with Gasteiger partial charge in [0.25, 0.3) is 0 Å². The summed E-state index contributed by atoms with van der Waals surface area (Å²) in [6, 6.07) is 9.04. The predicted octanol–water partition coefficient (Wildman–Crippen LogP) is 0.968. The number of amides is 2. The maximum absolute atomic E-state index is 12.4. The van der Waals surface area contributed by atoms with Gasteiger partial charge in [0.05, 0.1) is 6.54 Å². The predicted molar refractivity (Wildman–Crippen MR) is 76.7 cm³/mol. The molecule has 1 heterocycles. The van der Waals surface area contributed by atoms with E-state index in [9.17, 15) is 9.59 Å². The molecular formula is C16H18N2O2. The summed E-state index contributed by atoms with van der Waals surface area (Å²) in [5.74, 6) is 2.35. The van der Waals surface area contributed by atoms with E-state index < -0.39 is 6.04 Å². The van der Waals surface area contributed by atoms with E-state index in [1.165, 1.54) is 0 Å². The smallest absolute Gasteiger partial charge is 0.246 e. The highest BCUT2D eigenvalue weighted by Gasteiger charge is 2.34. The lowest BCUT2D eigenvalue weighted by molar-refractivity contribution is -0.146. The van der Waals surface area contributed by atoms with Crippen molar-refractivity contribution in [3.8, 4) is 12.3 Å². The number of hydrogen-bond acceptors (Lipinski definition) is 2. The van der Waals surface area contributed by atoms with E-state index in [2.05, 4.69) is 11.2 Å². The van der Waals surface area contributed by atoms with Crippen LogP contribution in [0.3, 0.4) is 0 Å². The van der Waals surface area contributed by atoms with Crippen LogP contribution in [0.1, 0.15) is 18.9 Å². The molecule has 0 bridgehead atoms. The van der Waals surface area contributed by atoms with Crippen LogP contribution < -0.4 is 5.32 Å². The highest BCUT2D eigenvalue weighted by atomic mass is 16.2. The summed E-state index contributed by atoms with van der Waals surface area (Å²) in [6.07, 6.45) is 6.25. The molecule has 4 heteroatoms. The molecule has 0 spiro atoms. The third-order valence-electron chi connectivity index (χ3n) is 3.46. The summed E-state index contributed by atoms with van der Waals surface area (Å²) in [7, 11) is 0. The Kier molecular flexibility index (Phi) is 4.41. The molecule has 1 fully saturated rings. The molecule has 1 aromatic carbocycles. The molecular weight excluding hydrogens is 252 g/mol. The van der Waals surface area contributed by atoms with Crippen molar-refractivity contribution in [2.45, 2.75) is 31.8 Å². The van der Waals surface area contributed by atoms with E-state index in [-0.39, 0.29) is 24.4 Å².